The first-order valence-corrected chi connectivity index (χ1v) is 7.74. The molecule has 0 saturated carbocycles. The summed E-state index contributed by atoms with van der Waals surface area (Å²) in [5.41, 5.74) is 2.09. The van der Waals surface area contributed by atoms with Crippen molar-refractivity contribution in [3.05, 3.63) is 53.0 Å². The minimum Gasteiger partial charge on any atom is -0.444 e. The van der Waals surface area contributed by atoms with Gasteiger partial charge in [0.25, 0.3) is 0 Å². The number of benzene rings is 2. The molecule has 1 amide bonds. The van der Waals surface area contributed by atoms with Gasteiger partial charge in [0.1, 0.15) is 5.60 Å². The van der Waals surface area contributed by atoms with Crippen molar-refractivity contribution < 1.29 is 9.53 Å². The number of halogens is 1. The normalized spacial score (nSPS) is 10.9. The number of anilines is 3. The third kappa shape index (κ3) is 5.07. The summed E-state index contributed by atoms with van der Waals surface area (Å²) in [5, 5.41) is 6.00. The number of carbonyl (C=O) groups excluding carboxylic acids is 1. The van der Waals surface area contributed by atoms with E-state index in [1.807, 2.05) is 69.3 Å². The lowest BCUT2D eigenvalue weighted by molar-refractivity contribution is 0.0636. The zero-order valence-corrected chi connectivity index (χ0v) is 14.4. The summed E-state index contributed by atoms with van der Waals surface area (Å²) in [6.45, 7) is 5.49. The van der Waals surface area contributed by atoms with Gasteiger partial charge < -0.3 is 10.1 Å². The first-order chi connectivity index (χ1) is 10.3. The Morgan fingerprint density at radius 3 is 2.18 bits per heavy atom. The Balaban J connectivity index is 1.99. The molecule has 0 heterocycles. The summed E-state index contributed by atoms with van der Waals surface area (Å²) in [7, 11) is 0. The van der Waals surface area contributed by atoms with Gasteiger partial charge in [0.2, 0.25) is 0 Å². The Kier molecular flexibility index (Phi) is 5.08. The number of hydrogen-bond acceptors (Lipinski definition) is 3. The molecule has 0 aromatic heterocycles. The zero-order valence-electron chi connectivity index (χ0n) is 12.8. The molecule has 22 heavy (non-hydrogen) atoms. The van der Waals surface area contributed by atoms with Crippen molar-refractivity contribution in [3.8, 4) is 0 Å². The fourth-order valence-electron chi connectivity index (χ4n) is 1.78. The molecule has 5 heteroatoms. The first-order valence-electron chi connectivity index (χ1n) is 6.95. The summed E-state index contributed by atoms with van der Waals surface area (Å²) >= 11 is 3.49. The van der Waals surface area contributed by atoms with Crippen LogP contribution in [-0.2, 0) is 4.74 Å². The van der Waals surface area contributed by atoms with Crippen LogP contribution in [0.1, 0.15) is 20.8 Å². The lowest BCUT2D eigenvalue weighted by Gasteiger charge is -2.19. The summed E-state index contributed by atoms with van der Waals surface area (Å²) in [4.78, 5) is 11.7. The molecule has 2 aromatic carbocycles. The second-order valence-electron chi connectivity index (χ2n) is 5.81. The molecule has 0 aliphatic heterocycles. The topological polar surface area (TPSA) is 50.4 Å². The Morgan fingerprint density at radius 2 is 1.59 bits per heavy atom. The van der Waals surface area contributed by atoms with Crippen molar-refractivity contribution in [2.24, 2.45) is 0 Å². The lowest BCUT2D eigenvalue weighted by atomic mass is 10.2. The van der Waals surface area contributed by atoms with Crippen LogP contribution in [-0.4, -0.2) is 11.7 Å². The Bertz CT molecular complexity index is 648. The van der Waals surface area contributed by atoms with Crippen molar-refractivity contribution in [2.45, 2.75) is 26.4 Å². The van der Waals surface area contributed by atoms with Gasteiger partial charge in [0.15, 0.2) is 0 Å². The standard InChI is InChI=1S/C17H19BrN2O2/c1-17(2,3)22-16(21)20-13-10-8-12(9-11-13)19-15-7-5-4-6-14(15)18/h4-11,19H,1-3H3,(H,20,21). The van der Waals surface area contributed by atoms with Gasteiger partial charge in [-0.05, 0) is 73.1 Å². The third-order valence-electron chi connectivity index (χ3n) is 2.68. The van der Waals surface area contributed by atoms with Crippen molar-refractivity contribution >= 4 is 39.1 Å². The van der Waals surface area contributed by atoms with Gasteiger partial charge in [-0.1, -0.05) is 12.1 Å². The van der Waals surface area contributed by atoms with Crippen LogP contribution in [0.5, 0.6) is 0 Å². The fourth-order valence-corrected chi connectivity index (χ4v) is 2.16. The molecule has 0 fully saturated rings. The molecule has 0 aliphatic rings. The van der Waals surface area contributed by atoms with Crippen LogP contribution in [0.15, 0.2) is 53.0 Å². The van der Waals surface area contributed by atoms with Crippen LogP contribution in [0.3, 0.4) is 0 Å². The molecule has 4 nitrogen and oxygen atoms in total. The highest BCUT2D eigenvalue weighted by Gasteiger charge is 2.16. The van der Waals surface area contributed by atoms with Crippen molar-refractivity contribution in [3.63, 3.8) is 0 Å². The minimum absolute atomic E-state index is 0.459. The summed E-state index contributed by atoms with van der Waals surface area (Å²) in [6, 6.07) is 15.3. The lowest BCUT2D eigenvalue weighted by Crippen LogP contribution is -2.27. The molecule has 0 bridgehead atoms. The van der Waals surface area contributed by atoms with Crippen LogP contribution in [0.25, 0.3) is 0 Å². The van der Waals surface area contributed by atoms with E-state index in [2.05, 4.69) is 26.6 Å². The van der Waals surface area contributed by atoms with E-state index in [0.29, 0.717) is 5.69 Å². The maximum atomic E-state index is 11.7. The van der Waals surface area contributed by atoms with E-state index in [4.69, 9.17) is 4.74 Å². The molecular weight excluding hydrogens is 344 g/mol. The van der Waals surface area contributed by atoms with Gasteiger partial charge in [-0.2, -0.15) is 0 Å². The van der Waals surface area contributed by atoms with Gasteiger partial charge in [-0.25, -0.2) is 4.79 Å². The highest BCUT2D eigenvalue weighted by atomic mass is 79.9. The Hall–Kier alpha value is -2.01. The van der Waals surface area contributed by atoms with Gasteiger partial charge >= 0.3 is 6.09 Å². The average molecular weight is 363 g/mol. The maximum absolute atomic E-state index is 11.7. The number of para-hydroxylation sites is 1. The molecule has 2 aromatic rings. The van der Waals surface area contributed by atoms with Crippen molar-refractivity contribution in [1.82, 2.24) is 0 Å². The molecule has 0 unspecified atom stereocenters. The monoisotopic (exact) mass is 362 g/mol. The van der Waals surface area contributed by atoms with Crippen LogP contribution in [0.2, 0.25) is 0 Å². The van der Waals surface area contributed by atoms with Crippen LogP contribution < -0.4 is 10.6 Å². The van der Waals surface area contributed by atoms with Gasteiger partial charge in [-0.3, -0.25) is 5.32 Å². The van der Waals surface area contributed by atoms with Crippen LogP contribution in [0, 0.1) is 0 Å². The smallest absolute Gasteiger partial charge is 0.412 e. The number of ether oxygens (including phenoxy) is 1. The fraction of sp³-hybridized carbons (Fsp3) is 0.235. The zero-order chi connectivity index (χ0) is 16.2. The number of amides is 1. The van der Waals surface area contributed by atoms with E-state index in [1.54, 1.807) is 0 Å². The molecule has 0 spiro atoms. The Morgan fingerprint density at radius 1 is 1.00 bits per heavy atom. The molecule has 0 aliphatic carbocycles. The summed E-state index contributed by atoms with van der Waals surface area (Å²) in [6.07, 6.45) is -0.459. The molecule has 0 radical (unpaired) electrons. The summed E-state index contributed by atoms with van der Waals surface area (Å²) in [5.74, 6) is 0. The van der Waals surface area contributed by atoms with E-state index < -0.39 is 11.7 Å². The van der Waals surface area contributed by atoms with E-state index in [1.165, 1.54) is 0 Å². The SMILES string of the molecule is CC(C)(C)OC(=O)Nc1ccc(Nc2ccccc2Br)cc1. The van der Waals surface area contributed by atoms with Gasteiger partial charge in [0, 0.05) is 15.8 Å². The van der Waals surface area contributed by atoms with Crippen LogP contribution >= 0.6 is 15.9 Å². The van der Waals surface area contributed by atoms with E-state index in [-0.39, 0.29) is 0 Å². The number of hydrogen-bond donors (Lipinski definition) is 2. The average Bonchev–Trinajstić information content (AvgIpc) is 2.41. The second-order valence-corrected chi connectivity index (χ2v) is 6.66. The van der Waals surface area contributed by atoms with E-state index >= 15 is 0 Å². The molecule has 2 rings (SSSR count). The molecule has 0 atom stereocenters. The number of rotatable bonds is 3. The van der Waals surface area contributed by atoms with Crippen molar-refractivity contribution in [2.75, 3.05) is 10.6 Å². The predicted molar refractivity (Wildman–Crippen MR) is 93.7 cm³/mol. The highest BCUT2D eigenvalue weighted by Crippen LogP contribution is 2.26. The third-order valence-corrected chi connectivity index (χ3v) is 3.37. The van der Waals surface area contributed by atoms with E-state index in [9.17, 15) is 4.79 Å². The first kappa shape index (κ1) is 16.4. The predicted octanol–water partition coefficient (Wildman–Crippen LogP) is 5.54. The molecule has 116 valence electrons. The maximum Gasteiger partial charge on any atom is 0.412 e. The highest BCUT2D eigenvalue weighted by molar-refractivity contribution is 9.10. The quantitative estimate of drug-likeness (QED) is 0.753. The second kappa shape index (κ2) is 6.83. The van der Waals surface area contributed by atoms with Gasteiger partial charge in [0.05, 0.1) is 5.69 Å². The van der Waals surface area contributed by atoms with Crippen LogP contribution in [0.4, 0.5) is 21.9 Å². The summed E-state index contributed by atoms with van der Waals surface area (Å²) < 4.78 is 6.20. The Labute approximate surface area is 139 Å². The minimum atomic E-state index is -0.509. The number of carbonyl (C=O) groups is 1. The number of nitrogens with one attached hydrogen (secondary N) is 2. The van der Waals surface area contributed by atoms with Gasteiger partial charge in [-0.15, -0.1) is 0 Å². The molecular formula is C17H19BrN2O2. The molecule has 2 N–H and O–H groups in total. The largest absolute Gasteiger partial charge is 0.444 e. The van der Waals surface area contributed by atoms with Crippen molar-refractivity contribution in [1.29, 1.82) is 0 Å². The molecule has 0 saturated heterocycles. The van der Waals surface area contributed by atoms with E-state index in [0.717, 1.165) is 15.8 Å².